The number of para-hydroxylation sites is 3. The molecule has 5 nitrogen and oxygen atoms in total. The van der Waals surface area contributed by atoms with Gasteiger partial charge in [0.1, 0.15) is 0 Å². The first kappa shape index (κ1) is 36.7. The summed E-state index contributed by atoms with van der Waals surface area (Å²) in [6, 6.07) is 73.1. The van der Waals surface area contributed by atoms with Crippen molar-refractivity contribution < 1.29 is 0 Å². The topological polar surface area (TPSA) is 48.5 Å². The first-order valence-electron chi connectivity index (χ1n) is 21.6. The molecule has 1 aliphatic carbocycles. The summed E-state index contributed by atoms with van der Waals surface area (Å²) in [7, 11) is 0. The Labute approximate surface area is 366 Å². The average Bonchev–Trinajstić information content (AvgIpc) is 3.87. The van der Waals surface area contributed by atoms with Gasteiger partial charge in [0.2, 0.25) is 5.95 Å². The van der Waals surface area contributed by atoms with E-state index >= 15 is 0 Å². The lowest BCUT2D eigenvalue weighted by Crippen LogP contribution is -2.25. The van der Waals surface area contributed by atoms with Crippen LogP contribution < -0.4 is 0 Å². The lowest BCUT2D eigenvalue weighted by Gasteiger charge is -2.30. The molecule has 8 aromatic carbocycles. The summed E-state index contributed by atoms with van der Waals surface area (Å²) in [5.41, 5.74) is 14.5. The normalized spacial score (nSPS) is 14.7. The molecule has 11 aromatic rings. The van der Waals surface area contributed by atoms with Gasteiger partial charge in [-0.25, -0.2) is 4.98 Å². The van der Waals surface area contributed by atoms with E-state index in [1.807, 2.05) is 24.3 Å². The molecule has 1 atom stereocenters. The second-order valence-electron chi connectivity index (χ2n) is 16.7. The van der Waals surface area contributed by atoms with Gasteiger partial charge in [-0.15, -0.1) is 0 Å². The van der Waals surface area contributed by atoms with Crippen LogP contribution in [0.4, 0.5) is 0 Å². The van der Waals surface area contributed by atoms with Gasteiger partial charge in [0.05, 0.1) is 22.2 Å². The molecule has 1 aliphatic rings. The van der Waals surface area contributed by atoms with Crippen LogP contribution in [0.1, 0.15) is 23.7 Å². The second kappa shape index (κ2) is 14.8. The van der Waals surface area contributed by atoms with E-state index in [1.165, 1.54) is 49.4 Å². The van der Waals surface area contributed by atoms with Crippen molar-refractivity contribution in [1.82, 2.24) is 24.1 Å². The Kier molecular flexibility index (Phi) is 8.61. The first-order valence-corrected chi connectivity index (χ1v) is 21.6. The Bertz CT molecular complexity index is 3530. The van der Waals surface area contributed by atoms with Crippen molar-refractivity contribution in [2.75, 3.05) is 0 Å². The van der Waals surface area contributed by atoms with Gasteiger partial charge in [-0.3, -0.25) is 4.57 Å². The molecule has 0 bridgehead atoms. The minimum Gasteiger partial charge on any atom is -0.309 e. The summed E-state index contributed by atoms with van der Waals surface area (Å²) in [6.45, 7) is 2.37. The molecular weight excluding hydrogens is 767 g/mol. The Morgan fingerprint density at radius 3 is 1.68 bits per heavy atom. The summed E-state index contributed by atoms with van der Waals surface area (Å²) in [6.07, 6.45) is 5.50. The van der Waals surface area contributed by atoms with Crippen LogP contribution in [-0.4, -0.2) is 24.1 Å². The summed E-state index contributed by atoms with van der Waals surface area (Å²) in [4.78, 5) is 15.7. The van der Waals surface area contributed by atoms with Gasteiger partial charge in [0.25, 0.3) is 0 Å². The number of allylic oxidation sites excluding steroid dienone is 1. The van der Waals surface area contributed by atoms with Crippen LogP contribution in [0.3, 0.4) is 0 Å². The SMILES string of the molecule is CC1(c2ccc3c(c2)c2ccccc2n3-c2ccccc2)C=Cc2c(c3ccccc3n2-c2nc(-c3ccccc3)nc(-c3cccc(-c4ccc(-c5ccccc5)cc4)c3)n2)C1. The molecule has 1 unspecified atom stereocenters. The molecule has 0 fully saturated rings. The quantitative estimate of drug-likeness (QED) is 0.161. The maximum atomic E-state index is 5.31. The van der Waals surface area contributed by atoms with Crippen molar-refractivity contribution in [2.45, 2.75) is 18.8 Å². The molecule has 0 saturated carbocycles. The smallest absolute Gasteiger partial charge is 0.238 e. The van der Waals surface area contributed by atoms with E-state index in [4.69, 9.17) is 15.0 Å². The van der Waals surface area contributed by atoms with Crippen LogP contribution in [0.25, 0.3) is 95.5 Å². The molecule has 0 saturated heterocycles. The Morgan fingerprint density at radius 2 is 0.952 bits per heavy atom. The minimum absolute atomic E-state index is 0.259. The van der Waals surface area contributed by atoms with Crippen LogP contribution in [0, 0.1) is 0 Å². The second-order valence-corrected chi connectivity index (χ2v) is 16.7. The molecule has 0 aliphatic heterocycles. The third-order valence-electron chi connectivity index (χ3n) is 12.8. The maximum absolute atomic E-state index is 5.31. The van der Waals surface area contributed by atoms with Crippen molar-refractivity contribution in [3.63, 3.8) is 0 Å². The zero-order valence-corrected chi connectivity index (χ0v) is 34.7. The zero-order chi connectivity index (χ0) is 41.9. The van der Waals surface area contributed by atoms with E-state index < -0.39 is 0 Å². The van der Waals surface area contributed by atoms with Gasteiger partial charge in [0.15, 0.2) is 11.6 Å². The Morgan fingerprint density at radius 1 is 0.413 bits per heavy atom. The molecule has 63 heavy (non-hydrogen) atoms. The predicted octanol–water partition coefficient (Wildman–Crippen LogP) is 14.1. The lowest BCUT2D eigenvalue weighted by molar-refractivity contribution is 0.588. The van der Waals surface area contributed by atoms with E-state index in [1.54, 1.807) is 0 Å². The van der Waals surface area contributed by atoms with E-state index in [9.17, 15) is 0 Å². The maximum Gasteiger partial charge on any atom is 0.238 e. The van der Waals surface area contributed by atoms with Crippen LogP contribution in [0.2, 0.25) is 0 Å². The third-order valence-corrected chi connectivity index (χ3v) is 12.8. The zero-order valence-electron chi connectivity index (χ0n) is 34.7. The molecular formula is C58H41N5. The predicted molar refractivity (Wildman–Crippen MR) is 259 cm³/mol. The van der Waals surface area contributed by atoms with Crippen molar-refractivity contribution in [3.05, 3.63) is 229 Å². The minimum atomic E-state index is -0.259. The molecule has 0 amide bonds. The molecule has 3 heterocycles. The number of nitrogens with zero attached hydrogens (tertiary/aromatic N) is 5. The van der Waals surface area contributed by atoms with Crippen molar-refractivity contribution in [1.29, 1.82) is 0 Å². The standard InChI is InChI=1S/C58H41N5/c1-58(45-32-33-53-49(37-45)47-24-11-13-26-51(47)62(53)46-22-9-4-10-23-46)35-34-54-50(38-58)48-25-12-14-27-52(48)63(54)57-60-55(42-18-7-3-8-19-42)59-56(61-57)44-21-15-20-43(36-44)41-30-28-40(29-31-41)39-16-5-2-6-17-39/h2-37H,38H2,1H3. The van der Waals surface area contributed by atoms with Gasteiger partial charge in [-0.1, -0.05) is 177 Å². The largest absolute Gasteiger partial charge is 0.309 e. The number of hydrogen-bond acceptors (Lipinski definition) is 3. The molecule has 3 aromatic heterocycles. The van der Waals surface area contributed by atoms with Crippen LogP contribution >= 0.6 is 0 Å². The average molecular weight is 808 g/mol. The van der Waals surface area contributed by atoms with Gasteiger partial charge in [0, 0.05) is 38.4 Å². The third kappa shape index (κ3) is 6.28. The summed E-state index contributed by atoms with van der Waals surface area (Å²) < 4.78 is 4.62. The number of benzene rings is 8. The van der Waals surface area contributed by atoms with E-state index in [0.29, 0.717) is 17.6 Å². The highest BCUT2D eigenvalue weighted by atomic mass is 15.2. The molecule has 298 valence electrons. The fraction of sp³-hybridized carbons (Fsp3) is 0.0517. The Balaban J connectivity index is 0.969. The van der Waals surface area contributed by atoms with E-state index in [-0.39, 0.29) is 5.41 Å². The van der Waals surface area contributed by atoms with Crippen molar-refractivity contribution in [3.8, 4) is 56.7 Å². The highest BCUT2D eigenvalue weighted by Crippen LogP contribution is 2.43. The Hall–Kier alpha value is -8.15. The fourth-order valence-corrected chi connectivity index (χ4v) is 9.61. The van der Waals surface area contributed by atoms with Gasteiger partial charge in [-0.05, 0) is 88.3 Å². The van der Waals surface area contributed by atoms with E-state index in [2.05, 4.69) is 210 Å². The summed E-state index contributed by atoms with van der Waals surface area (Å²) >= 11 is 0. The lowest BCUT2D eigenvalue weighted by atomic mass is 9.73. The van der Waals surface area contributed by atoms with Gasteiger partial charge >= 0.3 is 0 Å². The molecule has 0 spiro atoms. The summed E-state index contributed by atoms with van der Waals surface area (Å²) in [5.74, 6) is 1.85. The van der Waals surface area contributed by atoms with Crippen LogP contribution in [0.5, 0.6) is 0 Å². The van der Waals surface area contributed by atoms with Gasteiger partial charge < -0.3 is 4.57 Å². The van der Waals surface area contributed by atoms with Crippen LogP contribution in [-0.2, 0) is 11.8 Å². The highest BCUT2D eigenvalue weighted by Gasteiger charge is 2.33. The van der Waals surface area contributed by atoms with E-state index in [0.717, 1.165) is 45.6 Å². The molecule has 0 radical (unpaired) electrons. The molecule has 5 heteroatoms. The number of aromatic nitrogens is 5. The highest BCUT2D eigenvalue weighted by molar-refractivity contribution is 6.09. The first-order chi connectivity index (χ1) is 31.1. The summed E-state index contributed by atoms with van der Waals surface area (Å²) in [5, 5.41) is 3.72. The monoisotopic (exact) mass is 807 g/mol. The van der Waals surface area contributed by atoms with Crippen molar-refractivity contribution >= 4 is 38.8 Å². The number of fused-ring (bicyclic) bond motifs is 6. The van der Waals surface area contributed by atoms with Crippen molar-refractivity contribution in [2.24, 2.45) is 0 Å². The number of hydrogen-bond donors (Lipinski definition) is 0. The fourth-order valence-electron chi connectivity index (χ4n) is 9.61. The van der Waals surface area contributed by atoms with Gasteiger partial charge in [-0.2, -0.15) is 9.97 Å². The van der Waals surface area contributed by atoms with Crippen LogP contribution in [0.15, 0.2) is 212 Å². The number of rotatable bonds is 7. The molecule has 0 N–H and O–H groups in total. The molecule has 12 rings (SSSR count).